The van der Waals surface area contributed by atoms with Gasteiger partial charge in [-0.2, -0.15) is 0 Å². The molecule has 1 aromatic carbocycles. The summed E-state index contributed by atoms with van der Waals surface area (Å²) in [6, 6.07) is 14.1. The van der Waals surface area contributed by atoms with Crippen molar-refractivity contribution >= 4 is 17.4 Å². The maximum atomic E-state index is 12.0. The fraction of sp³-hybridized carbons (Fsp3) is 0.353. The van der Waals surface area contributed by atoms with E-state index >= 15 is 0 Å². The molecule has 21 heavy (non-hydrogen) atoms. The molecule has 1 atom stereocenters. The molecule has 4 heteroatoms. The van der Waals surface area contributed by atoms with E-state index in [9.17, 15) is 4.79 Å². The van der Waals surface area contributed by atoms with E-state index in [1.54, 1.807) is 11.3 Å². The molecule has 0 aliphatic rings. The van der Waals surface area contributed by atoms with Gasteiger partial charge < -0.3 is 10.6 Å². The predicted molar refractivity (Wildman–Crippen MR) is 88.6 cm³/mol. The zero-order valence-corrected chi connectivity index (χ0v) is 13.3. The van der Waals surface area contributed by atoms with Gasteiger partial charge in [0, 0.05) is 11.4 Å². The number of nitrogens with one attached hydrogen (secondary N) is 2. The summed E-state index contributed by atoms with van der Waals surface area (Å²) in [6.07, 6.45) is 0.878. The van der Waals surface area contributed by atoms with Crippen LogP contribution in [0, 0.1) is 5.92 Å². The Kier molecular flexibility index (Phi) is 5.81. The first-order valence-corrected chi connectivity index (χ1v) is 8.16. The first-order chi connectivity index (χ1) is 10.2. The summed E-state index contributed by atoms with van der Waals surface area (Å²) < 4.78 is 0. The van der Waals surface area contributed by atoms with Crippen molar-refractivity contribution in [3.05, 3.63) is 58.3 Å². The number of hydrogen-bond donors (Lipinski definition) is 2. The van der Waals surface area contributed by atoms with Crippen molar-refractivity contribution in [2.24, 2.45) is 5.92 Å². The lowest BCUT2D eigenvalue weighted by Gasteiger charge is -2.23. The zero-order valence-electron chi connectivity index (χ0n) is 12.5. The van der Waals surface area contributed by atoms with Crippen LogP contribution in [-0.4, -0.2) is 12.6 Å². The van der Waals surface area contributed by atoms with E-state index in [-0.39, 0.29) is 12.1 Å². The molecule has 112 valence electrons. The van der Waals surface area contributed by atoms with Crippen LogP contribution in [0.5, 0.6) is 0 Å². The van der Waals surface area contributed by atoms with Gasteiger partial charge in [-0.3, -0.25) is 0 Å². The first kappa shape index (κ1) is 15.6. The molecular weight excluding hydrogens is 280 g/mol. The Balaban J connectivity index is 1.84. The lowest BCUT2D eigenvalue weighted by Crippen LogP contribution is -2.40. The summed E-state index contributed by atoms with van der Waals surface area (Å²) in [4.78, 5) is 13.3. The number of hydrogen-bond acceptors (Lipinski definition) is 2. The second-order valence-corrected chi connectivity index (χ2v) is 6.39. The topological polar surface area (TPSA) is 41.1 Å². The largest absolute Gasteiger partial charge is 0.338 e. The van der Waals surface area contributed by atoms with Gasteiger partial charge in [-0.15, -0.1) is 11.3 Å². The van der Waals surface area contributed by atoms with Crippen LogP contribution < -0.4 is 10.6 Å². The molecule has 0 unspecified atom stereocenters. The van der Waals surface area contributed by atoms with E-state index in [1.165, 1.54) is 4.88 Å². The van der Waals surface area contributed by atoms with Gasteiger partial charge in [0.25, 0.3) is 0 Å². The van der Waals surface area contributed by atoms with E-state index in [4.69, 9.17) is 0 Å². The highest BCUT2D eigenvalue weighted by molar-refractivity contribution is 7.09. The van der Waals surface area contributed by atoms with Crippen LogP contribution in [-0.2, 0) is 6.42 Å². The van der Waals surface area contributed by atoms with Gasteiger partial charge in [-0.1, -0.05) is 50.2 Å². The molecule has 2 aromatic rings. The maximum absolute atomic E-state index is 12.0. The summed E-state index contributed by atoms with van der Waals surface area (Å²) in [5, 5.41) is 8.05. The van der Waals surface area contributed by atoms with Crippen molar-refractivity contribution < 1.29 is 4.79 Å². The van der Waals surface area contributed by atoms with Gasteiger partial charge in [0.2, 0.25) is 0 Å². The zero-order chi connectivity index (χ0) is 15.1. The molecule has 2 amide bonds. The van der Waals surface area contributed by atoms with Gasteiger partial charge in [-0.05, 0) is 29.3 Å². The molecule has 0 radical (unpaired) electrons. The van der Waals surface area contributed by atoms with Crippen LogP contribution in [0.4, 0.5) is 4.79 Å². The molecule has 1 heterocycles. The van der Waals surface area contributed by atoms with Crippen LogP contribution in [0.15, 0.2) is 47.8 Å². The highest BCUT2D eigenvalue weighted by Gasteiger charge is 2.17. The number of thiophene rings is 1. The molecule has 0 spiro atoms. The summed E-state index contributed by atoms with van der Waals surface area (Å²) >= 11 is 1.72. The normalized spacial score (nSPS) is 12.1. The van der Waals surface area contributed by atoms with Gasteiger partial charge in [-0.25, -0.2) is 4.79 Å². The van der Waals surface area contributed by atoms with Crippen LogP contribution >= 0.6 is 11.3 Å². The SMILES string of the molecule is CC(C)[C@H](NC(=O)NCCc1cccs1)c1ccccc1. The van der Waals surface area contributed by atoms with E-state index in [2.05, 4.69) is 48.1 Å². The fourth-order valence-corrected chi connectivity index (χ4v) is 2.95. The van der Waals surface area contributed by atoms with Crippen LogP contribution in [0.1, 0.15) is 30.3 Å². The molecule has 0 fully saturated rings. The Morgan fingerprint density at radius 1 is 1.14 bits per heavy atom. The van der Waals surface area contributed by atoms with Crippen molar-refractivity contribution in [3.8, 4) is 0 Å². The van der Waals surface area contributed by atoms with Gasteiger partial charge in [0.05, 0.1) is 6.04 Å². The Morgan fingerprint density at radius 2 is 1.90 bits per heavy atom. The first-order valence-electron chi connectivity index (χ1n) is 7.28. The predicted octanol–water partition coefficient (Wildman–Crippen LogP) is 3.99. The van der Waals surface area contributed by atoms with Crippen molar-refractivity contribution in [3.63, 3.8) is 0 Å². The van der Waals surface area contributed by atoms with Crippen molar-refractivity contribution in [1.82, 2.24) is 10.6 Å². The number of carbonyl (C=O) groups is 1. The quantitative estimate of drug-likeness (QED) is 0.832. The summed E-state index contributed by atoms with van der Waals surface area (Å²) in [7, 11) is 0. The summed E-state index contributed by atoms with van der Waals surface area (Å²) in [5.74, 6) is 0.343. The molecule has 0 aliphatic heterocycles. The Morgan fingerprint density at radius 3 is 2.52 bits per heavy atom. The van der Waals surface area contributed by atoms with Crippen molar-refractivity contribution in [2.45, 2.75) is 26.3 Å². The fourth-order valence-electron chi connectivity index (χ4n) is 2.24. The van der Waals surface area contributed by atoms with Crippen LogP contribution in [0.25, 0.3) is 0 Å². The highest BCUT2D eigenvalue weighted by atomic mass is 32.1. The lowest BCUT2D eigenvalue weighted by molar-refractivity contribution is 0.233. The minimum absolute atomic E-state index is 0.0351. The highest BCUT2D eigenvalue weighted by Crippen LogP contribution is 2.20. The molecule has 2 N–H and O–H groups in total. The molecule has 0 aliphatic carbocycles. The maximum Gasteiger partial charge on any atom is 0.315 e. The molecule has 0 bridgehead atoms. The van der Waals surface area contributed by atoms with E-state index in [0.29, 0.717) is 12.5 Å². The molecule has 2 rings (SSSR count). The van der Waals surface area contributed by atoms with Crippen molar-refractivity contribution in [1.29, 1.82) is 0 Å². The third-order valence-electron chi connectivity index (χ3n) is 3.35. The van der Waals surface area contributed by atoms with Gasteiger partial charge >= 0.3 is 6.03 Å². The molecular formula is C17H22N2OS. The van der Waals surface area contributed by atoms with Crippen LogP contribution in [0.3, 0.4) is 0 Å². The standard InChI is InChI=1S/C17H22N2OS/c1-13(2)16(14-7-4-3-5-8-14)19-17(20)18-11-10-15-9-6-12-21-15/h3-9,12-13,16H,10-11H2,1-2H3,(H2,18,19,20)/t16-/m0/s1. The smallest absolute Gasteiger partial charge is 0.315 e. The number of rotatable bonds is 6. The average Bonchev–Trinajstić information content (AvgIpc) is 2.98. The Bertz CT molecular complexity index is 537. The second-order valence-electron chi connectivity index (χ2n) is 5.36. The van der Waals surface area contributed by atoms with E-state index < -0.39 is 0 Å². The second kappa shape index (κ2) is 7.84. The third kappa shape index (κ3) is 4.90. The summed E-state index contributed by atoms with van der Waals surface area (Å²) in [5.41, 5.74) is 1.14. The number of benzene rings is 1. The van der Waals surface area contributed by atoms with E-state index in [1.807, 2.05) is 24.3 Å². The molecule has 1 aromatic heterocycles. The number of urea groups is 1. The minimum atomic E-state index is -0.103. The molecule has 0 saturated carbocycles. The third-order valence-corrected chi connectivity index (χ3v) is 4.29. The van der Waals surface area contributed by atoms with E-state index in [0.717, 1.165) is 12.0 Å². The minimum Gasteiger partial charge on any atom is -0.338 e. The number of amides is 2. The van der Waals surface area contributed by atoms with Crippen molar-refractivity contribution in [2.75, 3.05) is 6.54 Å². The lowest BCUT2D eigenvalue weighted by atomic mass is 9.96. The van der Waals surface area contributed by atoms with Crippen LogP contribution in [0.2, 0.25) is 0 Å². The number of carbonyl (C=O) groups excluding carboxylic acids is 1. The summed E-state index contributed by atoms with van der Waals surface area (Å²) in [6.45, 7) is 4.89. The molecule has 0 saturated heterocycles. The Hall–Kier alpha value is -1.81. The molecule has 3 nitrogen and oxygen atoms in total. The Labute approximate surface area is 130 Å². The average molecular weight is 302 g/mol. The van der Waals surface area contributed by atoms with Gasteiger partial charge in [0.1, 0.15) is 0 Å². The monoisotopic (exact) mass is 302 g/mol. The van der Waals surface area contributed by atoms with Gasteiger partial charge in [0.15, 0.2) is 0 Å².